The molecule has 0 radical (unpaired) electrons. The van der Waals surface area contributed by atoms with Crippen LogP contribution in [-0.4, -0.2) is 47.1 Å². The van der Waals surface area contributed by atoms with E-state index in [4.69, 9.17) is 5.11 Å². The Bertz CT molecular complexity index is 305. The van der Waals surface area contributed by atoms with Crippen LogP contribution >= 0.6 is 0 Å². The Kier molecular flexibility index (Phi) is 5.15. The van der Waals surface area contributed by atoms with E-state index in [1.807, 2.05) is 0 Å². The van der Waals surface area contributed by atoms with Crippen molar-refractivity contribution in [1.82, 2.24) is 10.2 Å². The number of amides is 1. The van der Waals surface area contributed by atoms with Crippen molar-refractivity contribution in [1.29, 1.82) is 0 Å². The van der Waals surface area contributed by atoms with Crippen molar-refractivity contribution < 1.29 is 14.7 Å². The Morgan fingerprint density at radius 3 is 2.35 bits per heavy atom. The zero-order valence-corrected chi connectivity index (χ0v) is 10.3. The van der Waals surface area contributed by atoms with Gasteiger partial charge in [-0.15, -0.1) is 0 Å². The molecule has 0 aliphatic carbocycles. The molecule has 1 saturated heterocycles. The van der Waals surface area contributed by atoms with Gasteiger partial charge in [0.25, 0.3) is 0 Å². The van der Waals surface area contributed by atoms with E-state index in [-0.39, 0.29) is 11.9 Å². The van der Waals surface area contributed by atoms with Gasteiger partial charge < -0.3 is 15.3 Å². The highest BCUT2D eigenvalue weighted by molar-refractivity contribution is 5.93. The molecule has 1 fully saturated rings. The molecule has 0 bridgehead atoms. The largest absolute Gasteiger partial charge is 0.478 e. The summed E-state index contributed by atoms with van der Waals surface area (Å²) in [5.41, 5.74) is 0. The van der Waals surface area contributed by atoms with E-state index < -0.39 is 5.97 Å². The third-order valence-electron chi connectivity index (χ3n) is 2.98. The fraction of sp³-hybridized carbons (Fsp3) is 0.667. The number of rotatable bonds is 4. The van der Waals surface area contributed by atoms with Gasteiger partial charge in [0.05, 0.1) is 0 Å². The zero-order valence-electron chi connectivity index (χ0n) is 10.3. The summed E-state index contributed by atoms with van der Waals surface area (Å²) in [6.07, 6.45) is 3.77. The molecule has 5 heteroatoms. The molecule has 1 aliphatic rings. The van der Waals surface area contributed by atoms with Crippen LogP contribution in [0.5, 0.6) is 0 Å². The van der Waals surface area contributed by atoms with Gasteiger partial charge in [-0.1, -0.05) is 0 Å². The molecule has 1 rings (SSSR count). The maximum atomic E-state index is 11.4. The monoisotopic (exact) mass is 240 g/mol. The molecule has 1 aliphatic heterocycles. The average Bonchev–Trinajstić information content (AvgIpc) is 2.27. The number of nitrogens with zero attached hydrogens (tertiary/aromatic N) is 1. The molecular formula is C12H20N2O3. The Hall–Kier alpha value is -1.36. The first kappa shape index (κ1) is 13.7. The minimum Gasteiger partial charge on any atom is -0.478 e. The van der Waals surface area contributed by atoms with Gasteiger partial charge >= 0.3 is 5.97 Å². The molecular weight excluding hydrogens is 220 g/mol. The lowest BCUT2D eigenvalue weighted by atomic mass is 10.0. The number of nitrogens with one attached hydrogen (secondary N) is 1. The van der Waals surface area contributed by atoms with Crippen molar-refractivity contribution in [2.24, 2.45) is 0 Å². The van der Waals surface area contributed by atoms with Gasteiger partial charge in [-0.3, -0.25) is 4.79 Å². The van der Waals surface area contributed by atoms with Gasteiger partial charge in [0, 0.05) is 37.3 Å². The van der Waals surface area contributed by atoms with Crippen LogP contribution in [0.4, 0.5) is 0 Å². The molecule has 0 atom stereocenters. The number of likely N-dealkylation sites (tertiary alicyclic amines) is 1. The predicted molar refractivity (Wildman–Crippen MR) is 64.6 cm³/mol. The van der Waals surface area contributed by atoms with Gasteiger partial charge in [-0.25, -0.2) is 4.79 Å². The summed E-state index contributed by atoms with van der Waals surface area (Å²) >= 11 is 0. The van der Waals surface area contributed by atoms with Crippen LogP contribution in [0.2, 0.25) is 0 Å². The maximum Gasteiger partial charge on any atom is 0.328 e. The molecule has 17 heavy (non-hydrogen) atoms. The van der Waals surface area contributed by atoms with Gasteiger partial charge in [0.1, 0.15) is 0 Å². The quantitative estimate of drug-likeness (QED) is 0.707. The predicted octanol–water partition coefficient (Wildman–Crippen LogP) is 0.616. The third-order valence-corrected chi connectivity index (χ3v) is 2.98. The third kappa shape index (κ3) is 4.99. The van der Waals surface area contributed by atoms with Gasteiger partial charge in [0.15, 0.2) is 0 Å². The molecule has 1 amide bonds. The van der Waals surface area contributed by atoms with Crippen LogP contribution in [-0.2, 0) is 9.59 Å². The number of piperidine rings is 1. The van der Waals surface area contributed by atoms with E-state index in [1.54, 1.807) is 0 Å². The number of carbonyl (C=O) groups excluding carboxylic acids is 1. The smallest absolute Gasteiger partial charge is 0.328 e. The Balaban J connectivity index is 2.31. The second-order valence-electron chi connectivity index (χ2n) is 4.58. The number of carboxylic acids is 1. The van der Waals surface area contributed by atoms with Crippen molar-refractivity contribution in [2.45, 2.75) is 38.8 Å². The topological polar surface area (TPSA) is 69.6 Å². The highest BCUT2D eigenvalue weighted by atomic mass is 16.4. The molecule has 0 aromatic heterocycles. The first-order chi connectivity index (χ1) is 7.99. The SMILES string of the molecule is CC(C)N1CCC(NC(=O)C=CC(=O)O)CC1. The average molecular weight is 240 g/mol. The number of hydrogen-bond acceptors (Lipinski definition) is 3. The van der Waals surface area contributed by atoms with E-state index in [9.17, 15) is 9.59 Å². The zero-order chi connectivity index (χ0) is 12.8. The molecule has 0 aromatic carbocycles. The van der Waals surface area contributed by atoms with Crippen molar-refractivity contribution in [3.05, 3.63) is 12.2 Å². The summed E-state index contributed by atoms with van der Waals surface area (Å²) in [7, 11) is 0. The Labute approximate surface area is 101 Å². The van der Waals surface area contributed by atoms with Crippen LogP contribution in [0.1, 0.15) is 26.7 Å². The normalized spacial score (nSPS) is 18.8. The highest BCUT2D eigenvalue weighted by Crippen LogP contribution is 2.12. The fourth-order valence-electron chi connectivity index (χ4n) is 1.96. The van der Waals surface area contributed by atoms with Crippen LogP contribution in [0.3, 0.4) is 0 Å². The molecule has 0 unspecified atom stereocenters. The first-order valence-corrected chi connectivity index (χ1v) is 5.94. The fourth-order valence-corrected chi connectivity index (χ4v) is 1.96. The van der Waals surface area contributed by atoms with Gasteiger partial charge in [-0.2, -0.15) is 0 Å². The second-order valence-corrected chi connectivity index (χ2v) is 4.58. The number of aliphatic carboxylic acids is 1. The molecule has 0 saturated carbocycles. The highest BCUT2D eigenvalue weighted by Gasteiger charge is 2.21. The minimum atomic E-state index is -1.10. The number of hydrogen-bond donors (Lipinski definition) is 2. The molecule has 96 valence electrons. The molecule has 2 N–H and O–H groups in total. The lowest BCUT2D eigenvalue weighted by molar-refractivity contribution is -0.131. The van der Waals surface area contributed by atoms with E-state index in [1.165, 1.54) is 0 Å². The van der Waals surface area contributed by atoms with Crippen LogP contribution < -0.4 is 5.32 Å². The van der Waals surface area contributed by atoms with E-state index in [0.717, 1.165) is 38.1 Å². The molecule has 0 aromatic rings. The molecule has 5 nitrogen and oxygen atoms in total. The molecule has 1 heterocycles. The van der Waals surface area contributed by atoms with Crippen molar-refractivity contribution in [2.75, 3.05) is 13.1 Å². The Morgan fingerprint density at radius 1 is 1.29 bits per heavy atom. The Morgan fingerprint density at radius 2 is 1.88 bits per heavy atom. The minimum absolute atomic E-state index is 0.163. The van der Waals surface area contributed by atoms with Crippen molar-refractivity contribution in [3.63, 3.8) is 0 Å². The first-order valence-electron chi connectivity index (χ1n) is 5.94. The van der Waals surface area contributed by atoms with Crippen molar-refractivity contribution in [3.8, 4) is 0 Å². The van der Waals surface area contributed by atoms with E-state index in [2.05, 4.69) is 24.1 Å². The summed E-state index contributed by atoms with van der Waals surface area (Å²) in [6.45, 7) is 6.28. The molecule has 0 spiro atoms. The van der Waals surface area contributed by atoms with Crippen LogP contribution in [0.15, 0.2) is 12.2 Å². The maximum absolute atomic E-state index is 11.4. The number of carboxylic acid groups (broad SMARTS) is 1. The summed E-state index contributed by atoms with van der Waals surface area (Å²) in [5.74, 6) is -1.43. The number of carbonyl (C=O) groups is 2. The van der Waals surface area contributed by atoms with Crippen LogP contribution in [0, 0.1) is 0 Å². The van der Waals surface area contributed by atoms with E-state index in [0.29, 0.717) is 6.04 Å². The summed E-state index contributed by atoms with van der Waals surface area (Å²) in [4.78, 5) is 24.0. The van der Waals surface area contributed by atoms with Crippen molar-refractivity contribution >= 4 is 11.9 Å². The standard InChI is InChI=1S/C12H20N2O3/c1-9(2)14-7-5-10(6-8-14)13-11(15)3-4-12(16)17/h3-4,9-10H,5-8H2,1-2H3,(H,13,15)(H,16,17). The lowest BCUT2D eigenvalue weighted by Crippen LogP contribution is -2.46. The van der Waals surface area contributed by atoms with Gasteiger partial charge in [-0.05, 0) is 26.7 Å². The summed E-state index contributed by atoms with van der Waals surface area (Å²) < 4.78 is 0. The second kappa shape index (κ2) is 6.39. The summed E-state index contributed by atoms with van der Waals surface area (Å²) in [6, 6.07) is 0.703. The summed E-state index contributed by atoms with van der Waals surface area (Å²) in [5, 5.41) is 11.2. The van der Waals surface area contributed by atoms with Crippen LogP contribution in [0.25, 0.3) is 0 Å². The van der Waals surface area contributed by atoms with Gasteiger partial charge in [0.2, 0.25) is 5.91 Å². The lowest BCUT2D eigenvalue weighted by Gasteiger charge is -2.34. The van der Waals surface area contributed by atoms with E-state index >= 15 is 0 Å².